The maximum Gasteiger partial charge on any atom is 0.296 e. The third-order valence-electron chi connectivity index (χ3n) is 4.02. The highest BCUT2D eigenvalue weighted by molar-refractivity contribution is 5.91. The van der Waals surface area contributed by atoms with Crippen LogP contribution in [0.4, 0.5) is 17.2 Å². The Morgan fingerprint density at radius 3 is 2.64 bits per heavy atom. The van der Waals surface area contributed by atoms with Crippen LogP contribution in [0.5, 0.6) is 11.5 Å². The minimum atomic E-state index is -0.479. The zero-order valence-corrected chi connectivity index (χ0v) is 16.3. The highest BCUT2D eigenvalue weighted by Crippen LogP contribution is 2.31. The normalized spacial score (nSPS) is 10.6. The number of nitro groups is 1. The SMILES string of the molecule is CCCN(CC)CC(=O)Nc1cc(Oc2ccc(NC)c([N+](=O)[O-])c2)ccn1. The fourth-order valence-corrected chi connectivity index (χ4v) is 2.67. The Kier molecular flexibility index (Phi) is 7.70. The first-order valence-electron chi connectivity index (χ1n) is 9.09. The van der Waals surface area contributed by atoms with E-state index in [9.17, 15) is 14.9 Å². The van der Waals surface area contributed by atoms with Crippen LogP contribution in [0.1, 0.15) is 20.3 Å². The van der Waals surface area contributed by atoms with E-state index < -0.39 is 4.92 Å². The van der Waals surface area contributed by atoms with E-state index in [0.29, 0.717) is 23.0 Å². The van der Waals surface area contributed by atoms with Gasteiger partial charge in [0.2, 0.25) is 5.91 Å². The molecule has 0 aliphatic carbocycles. The summed E-state index contributed by atoms with van der Waals surface area (Å²) in [5.41, 5.74) is 0.311. The molecule has 0 spiro atoms. The van der Waals surface area contributed by atoms with Crippen molar-refractivity contribution in [2.24, 2.45) is 0 Å². The number of aromatic nitrogens is 1. The van der Waals surface area contributed by atoms with Gasteiger partial charge in [-0.15, -0.1) is 0 Å². The van der Waals surface area contributed by atoms with Gasteiger partial charge in [0.05, 0.1) is 17.5 Å². The fraction of sp³-hybridized carbons (Fsp3) is 0.368. The summed E-state index contributed by atoms with van der Waals surface area (Å²) in [6.07, 6.45) is 2.48. The van der Waals surface area contributed by atoms with Crippen molar-refractivity contribution in [2.75, 3.05) is 37.3 Å². The second-order valence-electron chi connectivity index (χ2n) is 6.08. The van der Waals surface area contributed by atoms with Gasteiger partial charge in [-0.2, -0.15) is 0 Å². The van der Waals surface area contributed by atoms with Gasteiger partial charge in [0.1, 0.15) is 23.0 Å². The van der Waals surface area contributed by atoms with Crippen molar-refractivity contribution in [3.05, 3.63) is 46.6 Å². The van der Waals surface area contributed by atoms with Crippen molar-refractivity contribution in [1.82, 2.24) is 9.88 Å². The molecule has 0 saturated carbocycles. The number of pyridine rings is 1. The topological polar surface area (TPSA) is 110 Å². The molecule has 2 N–H and O–H groups in total. The molecule has 0 radical (unpaired) electrons. The van der Waals surface area contributed by atoms with Crippen LogP contribution in [0.15, 0.2) is 36.5 Å². The van der Waals surface area contributed by atoms with Crippen molar-refractivity contribution in [3.8, 4) is 11.5 Å². The number of carbonyl (C=O) groups is 1. The summed E-state index contributed by atoms with van der Waals surface area (Å²) in [4.78, 5) is 29.1. The van der Waals surface area contributed by atoms with Gasteiger partial charge in [-0.05, 0) is 37.7 Å². The molecule has 2 aromatic rings. The van der Waals surface area contributed by atoms with E-state index >= 15 is 0 Å². The molecule has 0 atom stereocenters. The molecule has 1 amide bonds. The van der Waals surface area contributed by atoms with Gasteiger partial charge in [0, 0.05) is 19.3 Å². The van der Waals surface area contributed by atoms with Gasteiger partial charge in [0.25, 0.3) is 5.69 Å². The second kappa shape index (κ2) is 10.2. The lowest BCUT2D eigenvalue weighted by molar-refractivity contribution is -0.384. The van der Waals surface area contributed by atoms with Crippen LogP contribution in [0, 0.1) is 10.1 Å². The van der Waals surface area contributed by atoms with Gasteiger partial charge < -0.3 is 15.4 Å². The number of nitrogens with one attached hydrogen (secondary N) is 2. The minimum Gasteiger partial charge on any atom is -0.457 e. The van der Waals surface area contributed by atoms with Crippen LogP contribution in [0.25, 0.3) is 0 Å². The molecule has 0 aliphatic rings. The summed E-state index contributed by atoms with van der Waals surface area (Å²) in [5.74, 6) is 0.928. The standard InChI is InChI=1S/C19H25N5O4/c1-4-10-23(5-2)13-19(25)22-18-12-15(8-9-21-18)28-14-6-7-16(20-3)17(11-14)24(26)27/h6-9,11-12,20H,4-5,10,13H2,1-3H3,(H,21,22,25). The Bertz CT molecular complexity index is 828. The number of ether oxygens (including phenoxy) is 1. The maximum absolute atomic E-state index is 12.2. The molecule has 0 saturated heterocycles. The molecule has 1 aromatic heterocycles. The molecule has 1 heterocycles. The van der Waals surface area contributed by atoms with Gasteiger partial charge in [-0.25, -0.2) is 4.98 Å². The average Bonchev–Trinajstić information content (AvgIpc) is 2.67. The van der Waals surface area contributed by atoms with E-state index in [1.165, 1.54) is 12.3 Å². The van der Waals surface area contributed by atoms with Crippen LogP contribution in [-0.4, -0.2) is 47.4 Å². The predicted molar refractivity (Wildman–Crippen MR) is 108 cm³/mol. The maximum atomic E-state index is 12.2. The molecular weight excluding hydrogens is 362 g/mol. The fourth-order valence-electron chi connectivity index (χ4n) is 2.67. The van der Waals surface area contributed by atoms with Gasteiger partial charge >= 0.3 is 0 Å². The first-order valence-corrected chi connectivity index (χ1v) is 9.09. The van der Waals surface area contributed by atoms with Crippen LogP contribution in [0.3, 0.4) is 0 Å². The van der Waals surface area contributed by atoms with Crippen LogP contribution in [-0.2, 0) is 4.79 Å². The van der Waals surface area contributed by atoms with Crippen LogP contribution in [0.2, 0.25) is 0 Å². The monoisotopic (exact) mass is 387 g/mol. The van der Waals surface area contributed by atoms with E-state index in [1.807, 2.05) is 11.8 Å². The predicted octanol–water partition coefficient (Wildman–Crippen LogP) is 3.49. The van der Waals surface area contributed by atoms with Crippen molar-refractivity contribution < 1.29 is 14.5 Å². The molecule has 9 nitrogen and oxygen atoms in total. The lowest BCUT2D eigenvalue weighted by atomic mass is 10.2. The zero-order valence-electron chi connectivity index (χ0n) is 16.3. The minimum absolute atomic E-state index is 0.0850. The number of anilines is 2. The van der Waals surface area contributed by atoms with E-state index in [1.54, 1.807) is 31.3 Å². The molecule has 0 unspecified atom stereocenters. The average molecular weight is 387 g/mol. The Morgan fingerprint density at radius 1 is 1.25 bits per heavy atom. The van der Waals surface area contributed by atoms with E-state index in [0.717, 1.165) is 19.5 Å². The Labute approximate surface area is 163 Å². The summed E-state index contributed by atoms with van der Waals surface area (Å²) in [6, 6.07) is 7.73. The summed E-state index contributed by atoms with van der Waals surface area (Å²) in [7, 11) is 1.61. The number of benzene rings is 1. The van der Waals surface area contributed by atoms with E-state index in [2.05, 4.69) is 22.5 Å². The number of hydrogen-bond acceptors (Lipinski definition) is 7. The van der Waals surface area contributed by atoms with Gasteiger partial charge in [-0.3, -0.25) is 19.8 Å². The first kappa shape index (κ1) is 21.1. The van der Waals surface area contributed by atoms with Crippen molar-refractivity contribution >= 4 is 23.1 Å². The smallest absolute Gasteiger partial charge is 0.296 e. The lowest BCUT2D eigenvalue weighted by Crippen LogP contribution is -2.33. The largest absolute Gasteiger partial charge is 0.457 e. The number of nitro benzene ring substituents is 1. The highest BCUT2D eigenvalue weighted by atomic mass is 16.6. The summed E-state index contributed by atoms with van der Waals surface area (Å²) >= 11 is 0. The van der Waals surface area contributed by atoms with E-state index in [-0.39, 0.29) is 18.1 Å². The Balaban J connectivity index is 2.08. The number of nitrogens with zero attached hydrogens (tertiary/aromatic N) is 3. The molecule has 2 rings (SSSR count). The van der Waals surface area contributed by atoms with Crippen molar-refractivity contribution in [3.63, 3.8) is 0 Å². The molecule has 0 aliphatic heterocycles. The third kappa shape index (κ3) is 5.92. The molecule has 9 heteroatoms. The van der Waals surface area contributed by atoms with Crippen molar-refractivity contribution in [2.45, 2.75) is 20.3 Å². The molecule has 0 fully saturated rings. The number of rotatable bonds is 10. The quantitative estimate of drug-likeness (QED) is 0.474. The van der Waals surface area contributed by atoms with Crippen LogP contribution >= 0.6 is 0 Å². The summed E-state index contributed by atoms with van der Waals surface area (Å²) in [6.45, 7) is 6.00. The Morgan fingerprint density at radius 2 is 2.00 bits per heavy atom. The number of amides is 1. The van der Waals surface area contributed by atoms with Crippen molar-refractivity contribution in [1.29, 1.82) is 0 Å². The third-order valence-corrected chi connectivity index (χ3v) is 4.02. The molecular formula is C19H25N5O4. The number of hydrogen-bond donors (Lipinski definition) is 2. The molecule has 1 aromatic carbocycles. The van der Waals surface area contributed by atoms with Gasteiger partial charge in [0.15, 0.2) is 0 Å². The lowest BCUT2D eigenvalue weighted by Gasteiger charge is -2.18. The van der Waals surface area contributed by atoms with Gasteiger partial charge in [-0.1, -0.05) is 13.8 Å². The Hall–Kier alpha value is -3.20. The molecule has 150 valence electrons. The number of likely N-dealkylation sites (N-methyl/N-ethyl adjacent to an activating group) is 1. The number of carbonyl (C=O) groups excluding carboxylic acids is 1. The van der Waals surface area contributed by atoms with E-state index in [4.69, 9.17) is 4.74 Å². The summed E-state index contributed by atoms with van der Waals surface area (Å²) in [5, 5.41) is 16.7. The first-order chi connectivity index (χ1) is 13.5. The molecule has 28 heavy (non-hydrogen) atoms. The molecule has 0 bridgehead atoms. The zero-order chi connectivity index (χ0) is 20.5. The highest BCUT2D eigenvalue weighted by Gasteiger charge is 2.15. The van der Waals surface area contributed by atoms with Crippen LogP contribution < -0.4 is 15.4 Å². The second-order valence-corrected chi connectivity index (χ2v) is 6.08. The summed E-state index contributed by atoms with van der Waals surface area (Å²) < 4.78 is 5.70.